The predicted octanol–water partition coefficient (Wildman–Crippen LogP) is 6.82. The maximum atomic E-state index is 11.0. The number of benzene rings is 1. The third kappa shape index (κ3) is 6.30. The summed E-state index contributed by atoms with van der Waals surface area (Å²) in [7, 11) is 0. The number of carboxylic acid groups (broad SMARTS) is 1. The zero-order chi connectivity index (χ0) is 22.4. The van der Waals surface area contributed by atoms with Gasteiger partial charge in [-0.1, -0.05) is 57.4 Å². The van der Waals surface area contributed by atoms with Gasteiger partial charge in [0.05, 0.1) is 17.3 Å². The van der Waals surface area contributed by atoms with Crippen LogP contribution in [0.3, 0.4) is 0 Å². The molecule has 0 radical (unpaired) electrons. The zero-order valence-corrected chi connectivity index (χ0v) is 20.0. The maximum absolute atomic E-state index is 11.0. The third-order valence-electron chi connectivity index (χ3n) is 6.62. The molecular formula is C25H34ClNO3S. The van der Waals surface area contributed by atoms with Gasteiger partial charge in [-0.25, -0.2) is 9.78 Å². The largest absolute Gasteiger partial charge is 0.477 e. The fraction of sp³-hybridized carbons (Fsp3) is 0.600. The number of thiazole rings is 1. The minimum absolute atomic E-state index is 0.158. The van der Waals surface area contributed by atoms with Crippen LogP contribution < -0.4 is 0 Å². The van der Waals surface area contributed by atoms with Crippen molar-refractivity contribution in [2.24, 2.45) is 11.8 Å². The molecule has 2 unspecified atom stereocenters. The predicted molar refractivity (Wildman–Crippen MR) is 127 cm³/mol. The Morgan fingerprint density at radius 3 is 2.65 bits per heavy atom. The summed E-state index contributed by atoms with van der Waals surface area (Å²) in [4.78, 5) is 15.6. The highest BCUT2D eigenvalue weighted by Gasteiger charge is 2.40. The van der Waals surface area contributed by atoms with E-state index in [9.17, 15) is 9.90 Å². The van der Waals surface area contributed by atoms with E-state index in [0.717, 1.165) is 61.9 Å². The first-order valence-corrected chi connectivity index (χ1v) is 12.8. The molecule has 1 fully saturated rings. The number of carbonyl (C=O) groups is 1. The molecule has 6 heteroatoms. The van der Waals surface area contributed by atoms with E-state index in [2.05, 4.69) is 43.1 Å². The molecule has 170 valence electrons. The first-order valence-electron chi connectivity index (χ1n) is 11.5. The number of aryl methyl sites for hydroxylation is 1. The summed E-state index contributed by atoms with van der Waals surface area (Å²) in [5, 5.41) is 20.6. The number of aromatic nitrogens is 1. The first kappa shape index (κ1) is 24.2. The molecule has 0 amide bonds. The smallest absolute Gasteiger partial charge is 0.347 e. The van der Waals surface area contributed by atoms with Crippen LogP contribution in [-0.4, -0.2) is 26.5 Å². The number of aliphatic hydroxyl groups is 1. The fourth-order valence-corrected chi connectivity index (χ4v) is 6.33. The van der Waals surface area contributed by atoms with Crippen LogP contribution in [0, 0.1) is 11.8 Å². The average molecular weight is 464 g/mol. The molecule has 0 bridgehead atoms. The van der Waals surface area contributed by atoms with Gasteiger partial charge in [-0.15, -0.1) is 22.9 Å². The van der Waals surface area contributed by atoms with E-state index in [1.54, 1.807) is 0 Å². The summed E-state index contributed by atoms with van der Waals surface area (Å²) >= 11 is 8.03. The highest BCUT2D eigenvalue weighted by Crippen LogP contribution is 2.48. The molecule has 1 aromatic carbocycles. The normalized spacial score (nSPS) is 24.4. The van der Waals surface area contributed by atoms with Crippen LogP contribution >= 0.6 is 22.9 Å². The lowest BCUT2D eigenvalue weighted by Crippen LogP contribution is -2.16. The minimum atomic E-state index is -0.909. The molecular weight excluding hydrogens is 430 g/mol. The van der Waals surface area contributed by atoms with Crippen molar-refractivity contribution in [2.75, 3.05) is 0 Å². The van der Waals surface area contributed by atoms with Crippen molar-refractivity contribution in [1.82, 2.24) is 4.98 Å². The van der Waals surface area contributed by atoms with Gasteiger partial charge in [-0.05, 0) is 61.0 Å². The Bertz CT molecular complexity index is 838. The molecule has 3 rings (SSSR count). The van der Waals surface area contributed by atoms with E-state index in [1.807, 2.05) is 0 Å². The molecule has 1 aliphatic rings. The Morgan fingerprint density at radius 1 is 1.26 bits per heavy atom. The number of halogens is 1. The van der Waals surface area contributed by atoms with Crippen molar-refractivity contribution < 1.29 is 15.0 Å². The van der Waals surface area contributed by atoms with Crippen LogP contribution in [0.5, 0.6) is 0 Å². The highest BCUT2D eigenvalue weighted by molar-refractivity contribution is 7.13. The van der Waals surface area contributed by atoms with Crippen molar-refractivity contribution >= 4 is 28.9 Å². The lowest BCUT2D eigenvalue weighted by Gasteiger charge is -2.25. The second-order valence-corrected chi connectivity index (χ2v) is 10.6. The summed E-state index contributed by atoms with van der Waals surface area (Å²) in [5.41, 5.74) is 2.31. The van der Waals surface area contributed by atoms with E-state index in [-0.39, 0.29) is 11.5 Å². The number of aromatic carboxylic acids is 1. The molecule has 0 spiro atoms. The van der Waals surface area contributed by atoms with E-state index in [1.165, 1.54) is 23.1 Å². The van der Waals surface area contributed by atoms with E-state index >= 15 is 0 Å². The Labute approximate surface area is 194 Å². The summed E-state index contributed by atoms with van der Waals surface area (Å²) in [6.07, 6.45) is 9.03. The van der Waals surface area contributed by atoms with Crippen molar-refractivity contribution in [3.8, 4) is 0 Å². The lowest BCUT2D eigenvalue weighted by molar-refractivity contribution is 0.0702. The van der Waals surface area contributed by atoms with Crippen LogP contribution in [0.15, 0.2) is 30.5 Å². The van der Waals surface area contributed by atoms with Gasteiger partial charge < -0.3 is 10.2 Å². The van der Waals surface area contributed by atoms with Gasteiger partial charge in [0.1, 0.15) is 4.88 Å². The Morgan fingerprint density at radius 2 is 2.00 bits per heavy atom. The van der Waals surface area contributed by atoms with Crippen molar-refractivity contribution in [2.45, 2.75) is 82.6 Å². The van der Waals surface area contributed by atoms with Crippen LogP contribution in [0.2, 0.25) is 0 Å². The van der Waals surface area contributed by atoms with Crippen LogP contribution in [-0.2, 0) is 6.42 Å². The standard InChI is InChI=1S/C25H34ClNO3S/c1-3-4-5-8-21(28)17-10-12-18(13-11-17)24-16(2)14-20(26)19(24)7-6-9-23-27-15-22(31-23)25(29)30/h10-13,15-16,19-21,24,28H,3-9,14H2,1-2H3,(H,29,30)/t16-,19+,20-,21?,24?/m1/s1. The zero-order valence-electron chi connectivity index (χ0n) is 18.5. The summed E-state index contributed by atoms with van der Waals surface area (Å²) in [6.45, 7) is 4.46. The Kier molecular flexibility index (Phi) is 8.94. The van der Waals surface area contributed by atoms with Crippen LogP contribution in [0.4, 0.5) is 0 Å². The van der Waals surface area contributed by atoms with Gasteiger partial charge in [-0.3, -0.25) is 0 Å². The molecule has 1 saturated carbocycles. The molecule has 4 nitrogen and oxygen atoms in total. The molecule has 1 heterocycles. The molecule has 1 aromatic heterocycles. The fourth-order valence-electron chi connectivity index (χ4n) is 4.97. The van der Waals surface area contributed by atoms with Gasteiger partial charge >= 0.3 is 5.97 Å². The number of nitrogens with zero attached hydrogens (tertiary/aromatic N) is 1. The van der Waals surface area contributed by atoms with Gasteiger partial charge in [-0.2, -0.15) is 0 Å². The maximum Gasteiger partial charge on any atom is 0.347 e. The molecule has 2 aromatic rings. The monoisotopic (exact) mass is 463 g/mol. The van der Waals surface area contributed by atoms with Gasteiger partial charge in [0.15, 0.2) is 0 Å². The van der Waals surface area contributed by atoms with E-state index in [4.69, 9.17) is 16.7 Å². The summed E-state index contributed by atoms with van der Waals surface area (Å²) < 4.78 is 0. The number of hydrogen-bond donors (Lipinski definition) is 2. The highest BCUT2D eigenvalue weighted by atomic mass is 35.5. The van der Waals surface area contributed by atoms with E-state index in [0.29, 0.717) is 22.6 Å². The number of hydrogen-bond acceptors (Lipinski definition) is 4. The third-order valence-corrected chi connectivity index (χ3v) is 8.16. The van der Waals surface area contributed by atoms with Gasteiger partial charge in [0.2, 0.25) is 0 Å². The number of aliphatic hydroxyl groups excluding tert-OH is 1. The first-order chi connectivity index (χ1) is 14.9. The lowest BCUT2D eigenvalue weighted by atomic mass is 9.81. The molecule has 2 N–H and O–H groups in total. The average Bonchev–Trinajstić information content (AvgIpc) is 3.33. The summed E-state index contributed by atoms with van der Waals surface area (Å²) in [6, 6.07) is 8.53. The minimum Gasteiger partial charge on any atom is -0.477 e. The topological polar surface area (TPSA) is 70.4 Å². The number of alkyl halides is 1. The summed E-state index contributed by atoms with van der Waals surface area (Å²) in [5.74, 6) is 0.426. The molecule has 5 atom stereocenters. The van der Waals surface area contributed by atoms with Crippen molar-refractivity contribution in [3.05, 3.63) is 51.5 Å². The van der Waals surface area contributed by atoms with Crippen molar-refractivity contribution in [1.29, 1.82) is 0 Å². The molecule has 1 aliphatic carbocycles. The Hall–Kier alpha value is -1.43. The molecule has 31 heavy (non-hydrogen) atoms. The van der Waals surface area contributed by atoms with Crippen LogP contribution in [0.25, 0.3) is 0 Å². The SMILES string of the molecule is CCCCCC(O)c1ccc(C2[C@H](C)C[C@@H](Cl)[C@@H]2CCCc2ncc(C(=O)O)s2)cc1. The van der Waals surface area contributed by atoms with Crippen LogP contribution in [0.1, 0.15) is 96.6 Å². The molecule has 0 aliphatic heterocycles. The number of rotatable bonds is 11. The Balaban J connectivity index is 1.61. The van der Waals surface area contributed by atoms with Gasteiger partial charge in [0.25, 0.3) is 0 Å². The van der Waals surface area contributed by atoms with E-state index < -0.39 is 5.97 Å². The second-order valence-electron chi connectivity index (χ2n) is 8.91. The quantitative estimate of drug-likeness (QED) is 0.283. The number of carboxylic acids is 1. The molecule has 0 saturated heterocycles. The van der Waals surface area contributed by atoms with Crippen molar-refractivity contribution in [3.63, 3.8) is 0 Å². The van der Waals surface area contributed by atoms with Gasteiger partial charge in [0, 0.05) is 5.38 Å². The number of unbranched alkanes of at least 4 members (excludes halogenated alkanes) is 2. The second kappa shape index (κ2) is 11.4.